The lowest BCUT2D eigenvalue weighted by Crippen LogP contribution is -2.09. The van der Waals surface area contributed by atoms with Crippen molar-refractivity contribution >= 4 is 21.4 Å². The monoisotopic (exact) mass is 377 g/mol. The minimum atomic E-state index is -0.0902. The van der Waals surface area contributed by atoms with Gasteiger partial charge in [-0.25, -0.2) is 0 Å². The van der Waals surface area contributed by atoms with Gasteiger partial charge in [-0.3, -0.25) is 4.79 Å². The van der Waals surface area contributed by atoms with E-state index in [1.165, 1.54) is 0 Å². The number of H-pyrrole nitrogens is 1. The molecule has 2 heterocycles. The summed E-state index contributed by atoms with van der Waals surface area (Å²) in [7, 11) is 1.64. The number of hydrogen-bond donors (Lipinski definition) is 1. The summed E-state index contributed by atoms with van der Waals surface area (Å²) in [4.78, 5) is 15.8. The van der Waals surface area contributed by atoms with Crippen LogP contribution in [0.1, 0.15) is 0 Å². The molecule has 0 aliphatic heterocycles. The fourth-order valence-corrected chi connectivity index (χ4v) is 4.12. The van der Waals surface area contributed by atoms with Gasteiger partial charge in [0, 0.05) is 22.9 Å². The molecular weight excluding hydrogens is 358 g/mol. The summed E-state index contributed by atoms with van der Waals surface area (Å²) < 4.78 is 12.0. The SMILES string of the molecule is COCCOc1ccccc1-c1[nH]c(=O)c2ccsc2c1-c1ccccc1. The molecule has 0 spiro atoms. The van der Waals surface area contributed by atoms with Crippen molar-refractivity contribution in [3.8, 4) is 28.1 Å². The van der Waals surface area contributed by atoms with Crippen LogP contribution in [-0.4, -0.2) is 25.3 Å². The number of benzene rings is 2. The summed E-state index contributed by atoms with van der Waals surface area (Å²) in [5, 5.41) is 2.66. The maximum atomic E-state index is 12.7. The third-order valence-electron chi connectivity index (χ3n) is 4.39. The van der Waals surface area contributed by atoms with Gasteiger partial charge in [-0.15, -0.1) is 11.3 Å². The predicted molar refractivity (Wildman–Crippen MR) is 111 cm³/mol. The van der Waals surface area contributed by atoms with Crippen LogP contribution in [0.2, 0.25) is 0 Å². The fourth-order valence-electron chi connectivity index (χ4n) is 3.15. The zero-order valence-electron chi connectivity index (χ0n) is 14.9. The second-order valence-corrected chi connectivity index (χ2v) is 6.99. The van der Waals surface area contributed by atoms with Crippen LogP contribution in [-0.2, 0) is 4.74 Å². The van der Waals surface area contributed by atoms with Crippen LogP contribution < -0.4 is 10.3 Å². The summed E-state index contributed by atoms with van der Waals surface area (Å²) in [6, 6.07) is 19.7. The van der Waals surface area contributed by atoms with Crippen molar-refractivity contribution in [2.45, 2.75) is 0 Å². The standard InChI is InChI=1S/C22H19NO3S/c1-25-12-13-26-18-10-6-5-9-16(18)20-19(15-7-3-2-4-8-15)21-17(11-14-27-21)22(24)23-20/h2-11,14H,12-13H2,1H3,(H,23,24). The molecule has 0 aliphatic rings. The van der Waals surface area contributed by atoms with E-state index in [0.29, 0.717) is 18.6 Å². The van der Waals surface area contributed by atoms with Gasteiger partial charge in [-0.2, -0.15) is 0 Å². The Bertz CT molecular complexity index is 1120. The predicted octanol–water partition coefficient (Wildman–Crippen LogP) is 4.95. The molecule has 0 fully saturated rings. The molecule has 0 atom stereocenters. The van der Waals surface area contributed by atoms with Crippen LogP contribution in [0.15, 0.2) is 70.8 Å². The third-order valence-corrected chi connectivity index (χ3v) is 5.32. The van der Waals surface area contributed by atoms with Gasteiger partial charge in [0.15, 0.2) is 0 Å². The van der Waals surface area contributed by atoms with Gasteiger partial charge < -0.3 is 14.5 Å². The lowest BCUT2D eigenvalue weighted by Gasteiger charge is -2.15. The van der Waals surface area contributed by atoms with E-state index in [-0.39, 0.29) is 5.56 Å². The molecule has 0 radical (unpaired) electrons. The van der Waals surface area contributed by atoms with Crippen molar-refractivity contribution in [2.24, 2.45) is 0 Å². The van der Waals surface area contributed by atoms with E-state index in [1.807, 2.05) is 53.9 Å². The van der Waals surface area contributed by atoms with Gasteiger partial charge in [0.05, 0.1) is 17.7 Å². The minimum Gasteiger partial charge on any atom is -0.490 e. The smallest absolute Gasteiger partial charge is 0.257 e. The number of aromatic nitrogens is 1. The first kappa shape index (κ1) is 17.5. The van der Waals surface area contributed by atoms with Crippen LogP contribution in [0.25, 0.3) is 32.5 Å². The van der Waals surface area contributed by atoms with Crippen LogP contribution >= 0.6 is 11.3 Å². The number of nitrogens with one attached hydrogen (secondary N) is 1. The Morgan fingerprint density at radius 2 is 1.74 bits per heavy atom. The summed E-state index contributed by atoms with van der Waals surface area (Å²) in [6.07, 6.45) is 0. The van der Waals surface area contributed by atoms with Crippen molar-refractivity contribution in [2.75, 3.05) is 20.3 Å². The Balaban J connectivity index is 1.97. The number of para-hydroxylation sites is 1. The van der Waals surface area contributed by atoms with Crippen molar-refractivity contribution in [1.29, 1.82) is 0 Å². The molecule has 136 valence electrons. The van der Waals surface area contributed by atoms with Gasteiger partial charge in [0.2, 0.25) is 0 Å². The second kappa shape index (κ2) is 7.78. The normalized spacial score (nSPS) is 11.0. The van der Waals surface area contributed by atoms with Gasteiger partial charge in [-0.05, 0) is 29.1 Å². The van der Waals surface area contributed by atoms with E-state index < -0.39 is 0 Å². The number of fused-ring (bicyclic) bond motifs is 1. The molecule has 4 nitrogen and oxygen atoms in total. The fraction of sp³-hybridized carbons (Fsp3) is 0.136. The largest absolute Gasteiger partial charge is 0.490 e. The number of ether oxygens (including phenoxy) is 2. The molecule has 0 saturated carbocycles. The zero-order chi connectivity index (χ0) is 18.6. The first-order valence-corrected chi connectivity index (χ1v) is 9.57. The number of thiophene rings is 1. The molecule has 0 unspecified atom stereocenters. The highest BCUT2D eigenvalue weighted by Gasteiger charge is 2.18. The van der Waals surface area contributed by atoms with E-state index in [0.717, 1.165) is 32.8 Å². The molecule has 2 aromatic heterocycles. The number of hydrogen-bond acceptors (Lipinski definition) is 4. The van der Waals surface area contributed by atoms with Gasteiger partial charge in [-0.1, -0.05) is 42.5 Å². The van der Waals surface area contributed by atoms with E-state index in [2.05, 4.69) is 17.1 Å². The molecule has 0 saturated heterocycles. The average molecular weight is 377 g/mol. The molecule has 0 amide bonds. The topological polar surface area (TPSA) is 51.3 Å². The highest BCUT2D eigenvalue weighted by Crippen LogP contribution is 2.40. The highest BCUT2D eigenvalue weighted by atomic mass is 32.1. The first-order valence-electron chi connectivity index (χ1n) is 8.69. The minimum absolute atomic E-state index is 0.0902. The molecule has 4 rings (SSSR count). The first-order chi connectivity index (χ1) is 13.3. The number of methoxy groups -OCH3 is 1. The van der Waals surface area contributed by atoms with Crippen molar-refractivity contribution in [1.82, 2.24) is 4.98 Å². The molecule has 0 aliphatic carbocycles. The van der Waals surface area contributed by atoms with Crippen LogP contribution in [0.3, 0.4) is 0 Å². The van der Waals surface area contributed by atoms with Crippen LogP contribution in [0, 0.1) is 0 Å². The third kappa shape index (κ3) is 3.39. The molecule has 2 aromatic carbocycles. The van der Waals surface area contributed by atoms with Gasteiger partial charge in [0.1, 0.15) is 12.4 Å². The Hall–Kier alpha value is -2.89. The Kier molecular flexibility index (Phi) is 5.05. The summed E-state index contributed by atoms with van der Waals surface area (Å²) in [5.74, 6) is 0.721. The highest BCUT2D eigenvalue weighted by molar-refractivity contribution is 7.17. The van der Waals surface area contributed by atoms with E-state index >= 15 is 0 Å². The van der Waals surface area contributed by atoms with Gasteiger partial charge in [0.25, 0.3) is 5.56 Å². The number of rotatable bonds is 6. The van der Waals surface area contributed by atoms with E-state index in [4.69, 9.17) is 9.47 Å². The molecule has 1 N–H and O–H groups in total. The second-order valence-electron chi connectivity index (χ2n) is 6.07. The molecule has 5 heteroatoms. The molecule has 0 bridgehead atoms. The molecule has 27 heavy (non-hydrogen) atoms. The van der Waals surface area contributed by atoms with Crippen molar-refractivity contribution in [3.05, 3.63) is 76.4 Å². The van der Waals surface area contributed by atoms with Gasteiger partial charge >= 0.3 is 0 Å². The quantitative estimate of drug-likeness (QED) is 0.484. The number of aromatic amines is 1. The summed E-state index contributed by atoms with van der Waals surface area (Å²) >= 11 is 1.58. The lowest BCUT2D eigenvalue weighted by molar-refractivity contribution is 0.146. The Morgan fingerprint density at radius 1 is 0.963 bits per heavy atom. The van der Waals surface area contributed by atoms with Crippen LogP contribution in [0.4, 0.5) is 0 Å². The molecule has 4 aromatic rings. The van der Waals surface area contributed by atoms with E-state index in [1.54, 1.807) is 18.4 Å². The van der Waals surface area contributed by atoms with Crippen molar-refractivity contribution < 1.29 is 9.47 Å². The summed E-state index contributed by atoms with van der Waals surface area (Å²) in [5.41, 5.74) is 3.62. The van der Waals surface area contributed by atoms with Crippen molar-refractivity contribution in [3.63, 3.8) is 0 Å². The number of pyridine rings is 1. The summed E-state index contributed by atoms with van der Waals surface area (Å²) in [6.45, 7) is 0.944. The van der Waals surface area contributed by atoms with E-state index in [9.17, 15) is 4.79 Å². The Morgan fingerprint density at radius 3 is 2.56 bits per heavy atom. The average Bonchev–Trinajstić information content (AvgIpc) is 3.19. The maximum Gasteiger partial charge on any atom is 0.257 e. The lowest BCUT2D eigenvalue weighted by atomic mass is 9.98. The maximum absolute atomic E-state index is 12.7. The molecular formula is C22H19NO3S. The Labute approximate surface area is 161 Å². The zero-order valence-corrected chi connectivity index (χ0v) is 15.7. The van der Waals surface area contributed by atoms with Crippen LogP contribution in [0.5, 0.6) is 5.75 Å².